The van der Waals surface area contributed by atoms with Gasteiger partial charge in [-0.2, -0.15) is 26.3 Å². The number of thiazole rings is 1. The summed E-state index contributed by atoms with van der Waals surface area (Å²) in [5.41, 5.74) is -2.92. The van der Waals surface area contributed by atoms with E-state index in [0.29, 0.717) is 25.2 Å². The average molecular weight is 451 g/mol. The van der Waals surface area contributed by atoms with Gasteiger partial charge in [0, 0.05) is 18.7 Å². The van der Waals surface area contributed by atoms with E-state index < -0.39 is 29.4 Å². The summed E-state index contributed by atoms with van der Waals surface area (Å²) < 4.78 is 78.5. The van der Waals surface area contributed by atoms with Gasteiger partial charge in [0.2, 0.25) is 0 Å². The lowest BCUT2D eigenvalue weighted by Gasteiger charge is -2.14. The normalized spacial score (nSPS) is 15.6. The Balaban J connectivity index is 1.83. The maximum atomic E-state index is 13.1. The van der Waals surface area contributed by atoms with Crippen LogP contribution in [0.2, 0.25) is 0 Å². The van der Waals surface area contributed by atoms with Crippen LogP contribution in [0.1, 0.15) is 39.3 Å². The molecule has 1 aliphatic heterocycles. The quantitative estimate of drug-likeness (QED) is 0.652. The summed E-state index contributed by atoms with van der Waals surface area (Å²) in [7, 11) is 0. The number of carbonyl (C=O) groups excluding carboxylic acids is 1. The number of nitrogens with one attached hydrogen (secondary N) is 1. The molecule has 30 heavy (non-hydrogen) atoms. The van der Waals surface area contributed by atoms with Gasteiger partial charge >= 0.3 is 12.4 Å². The topological polar surface area (TPSA) is 45.2 Å². The first-order valence-corrected chi connectivity index (χ1v) is 10.0. The Morgan fingerprint density at radius 2 is 1.63 bits per heavy atom. The zero-order valence-electron chi connectivity index (χ0n) is 16.0. The summed E-state index contributed by atoms with van der Waals surface area (Å²) in [6, 6.07) is 1.29. The van der Waals surface area contributed by atoms with Crippen LogP contribution < -0.4 is 5.32 Å². The molecule has 164 valence electrons. The maximum absolute atomic E-state index is 13.1. The minimum absolute atomic E-state index is 0.0654. The van der Waals surface area contributed by atoms with E-state index in [1.807, 2.05) is 0 Å². The third-order valence-electron chi connectivity index (χ3n) is 4.75. The number of likely N-dealkylation sites (tertiary alicyclic amines) is 1. The number of nitrogens with zero attached hydrogens (tertiary/aromatic N) is 2. The smallest absolute Gasteiger partial charge is 0.350 e. The van der Waals surface area contributed by atoms with Crippen molar-refractivity contribution < 1.29 is 31.1 Å². The number of benzene rings is 1. The molecule has 11 heteroatoms. The van der Waals surface area contributed by atoms with Crippen molar-refractivity contribution in [1.82, 2.24) is 15.2 Å². The molecule has 0 atom stereocenters. The molecule has 1 N–H and O–H groups in total. The number of aryl methyl sites for hydroxylation is 1. The van der Waals surface area contributed by atoms with Gasteiger partial charge in [-0.25, -0.2) is 4.98 Å². The molecule has 0 saturated carbocycles. The summed E-state index contributed by atoms with van der Waals surface area (Å²) in [5.74, 6) is -0.446. The van der Waals surface area contributed by atoms with E-state index in [0.717, 1.165) is 37.3 Å². The van der Waals surface area contributed by atoms with Gasteiger partial charge in [0.1, 0.15) is 9.88 Å². The predicted molar refractivity (Wildman–Crippen MR) is 100 cm³/mol. The van der Waals surface area contributed by atoms with Crippen molar-refractivity contribution in [3.63, 3.8) is 0 Å². The number of hydrogen-bond donors (Lipinski definition) is 1. The summed E-state index contributed by atoms with van der Waals surface area (Å²) in [6.45, 7) is 4.51. The molecule has 0 aliphatic carbocycles. The van der Waals surface area contributed by atoms with E-state index in [1.165, 1.54) is 6.92 Å². The molecule has 0 bridgehead atoms. The molecule has 1 aromatic heterocycles. The third kappa shape index (κ3) is 5.31. The molecular weight excluding hydrogens is 432 g/mol. The Morgan fingerprint density at radius 1 is 1.07 bits per heavy atom. The number of alkyl halides is 6. The fourth-order valence-electron chi connectivity index (χ4n) is 3.22. The van der Waals surface area contributed by atoms with Crippen LogP contribution in [0.3, 0.4) is 0 Å². The Labute approximate surface area is 172 Å². The highest BCUT2D eigenvalue weighted by atomic mass is 32.1. The van der Waals surface area contributed by atoms with E-state index >= 15 is 0 Å². The third-order valence-corrected chi connectivity index (χ3v) is 5.95. The van der Waals surface area contributed by atoms with E-state index in [4.69, 9.17) is 0 Å². The van der Waals surface area contributed by atoms with Crippen LogP contribution in [0.4, 0.5) is 26.3 Å². The van der Waals surface area contributed by atoms with Crippen LogP contribution in [-0.2, 0) is 12.4 Å². The summed E-state index contributed by atoms with van der Waals surface area (Å²) >= 11 is 0.771. The van der Waals surface area contributed by atoms with Gasteiger partial charge in [-0.1, -0.05) is 0 Å². The molecule has 1 saturated heterocycles. The number of amides is 1. The Kier molecular flexibility index (Phi) is 6.42. The number of halogens is 6. The number of aromatic nitrogens is 1. The molecule has 1 aliphatic rings. The molecule has 4 nitrogen and oxygen atoms in total. The van der Waals surface area contributed by atoms with Gasteiger partial charge in [0.05, 0.1) is 16.8 Å². The highest BCUT2D eigenvalue weighted by Crippen LogP contribution is 2.39. The fourth-order valence-corrected chi connectivity index (χ4v) is 4.19. The molecule has 0 radical (unpaired) electrons. The average Bonchev–Trinajstić information content (AvgIpc) is 3.29. The first-order chi connectivity index (χ1) is 13.9. The molecule has 1 fully saturated rings. The molecule has 1 amide bonds. The highest BCUT2D eigenvalue weighted by molar-refractivity contribution is 7.17. The van der Waals surface area contributed by atoms with Crippen molar-refractivity contribution in [2.45, 2.75) is 32.1 Å². The van der Waals surface area contributed by atoms with Crippen LogP contribution in [0.5, 0.6) is 0 Å². The summed E-state index contributed by atoms with van der Waals surface area (Å²) in [4.78, 5) is 18.8. The van der Waals surface area contributed by atoms with Gasteiger partial charge in [-0.15, -0.1) is 11.3 Å². The lowest BCUT2D eigenvalue weighted by atomic mass is 10.1. The monoisotopic (exact) mass is 451 g/mol. The van der Waals surface area contributed by atoms with Crippen LogP contribution in [-0.4, -0.2) is 42.0 Å². The fraction of sp³-hybridized carbons (Fsp3) is 0.474. The van der Waals surface area contributed by atoms with Crippen LogP contribution in [0, 0.1) is 6.92 Å². The Morgan fingerprint density at radius 3 is 2.17 bits per heavy atom. The SMILES string of the molecule is Cc1nc(-c2cc(C(F)(F)F)cc(C(F)(F)F)c2)sc1C(=O)NCCN1CCCC1. The van der Waals surface area contributed by atoms with Crippen molar-refractivity contribution in [1.29, 1.82) is 0 Å². The van der Waals surface area contributed by atoms with Crippen molar-refractivity contribution in [3.8, 4) is 10.6 Å². The molecular formula is C19H19F6N3OS. The molecule has 2 aromatic rings. The van der Waals surface area contributed by atoms with Crippen LogP contribution >= 0.6 is 11.3 Å². The molecule has 0 spiro atoms. The van der Waals surface area contributed by atoms with Gasteiger partial charge in [-0.05, 0) is 51.1 Å². The largest absolute Gasteiger partial charge is 0.416 e. The molecule has 2 heterocycles. The summed E-state index contributed by atoms with van der Waals surface area (Å²) in [6.07, 6.45) is -7.67. The highest BCUT2D eigenvalue weighted by Gasteiger charge is 2.37. The predicted octanol–water partition coefficient (Wildman–Crippen LogP) is 4.98. The van der Waals surface area contributed by atoms with Gasteiger partial charge in [0.15, 0.2) is 0 Å². The zero-order valence-corrected chi connectivity index (χ0v) is 16.8. The standard InChI is InChI=1S/C19H19F6N3OS/c1-11-15(16(29)26-4-7-28-5-2-3-6-28)30-17(27-11)12-8-13(18(20,21)22)10-14(9-12)19(23,24)25/h8-10H,2-7H2,1H3,(H,26,29). The van der Waals surface area contributed by atoms with E-state index in [2.05, 4.69) is 15.2 Å². The van der Waals surface area contributed by atoms with Crippen LogP contribution in [0.15, 0.2) is 18.2 Å². The first-order valence-electron chi connectivity index (χ1n) is 9.23. The second-order valence-corrected chi connectivity index (χ2v) is 8.03. The number of carbonyl (C=O) groups is 1. The van der Waals surface area contributed by atoms with Gasteiger partial charge < -0.3 is 10.2 Å². The van der Waals surface area contributed by atoms with Gasteiger partial charge in [0.25, 0.3) is 5.91 Å². The number of hydrogen-bond acceptors (Lipinski definition) is 4. The van der Waals surface area contributed by atoms with E-state index in [9.17, 15) is 31.1 Å². The first kappa shape index (κ1) is 22.5. The summed E-state index contributed by atoms with van der Waals surface area (Å²) in [5, 5.41) is 2.66. The lowest BCUT2D eigenvalue weighted by molar-refractivity contribution is -0.143. The Bertz CT molecular complexity index is 884. The maximum Gasteiger partial charge on any atom is 0.416 e. The van der Waals surface area contributed by atoms with E-state index in [-0.39, 0.29) is 27.2 Å². The van der Waals surface area contributed by atoms with Crippen LogP contribution in [0.25, 0.3) is 10.6 Å². The van der Waals surface area contributed by atoms with E-state index in [1.54, 1.807) is 0 Å². The van der Waals surface area contributed by atoms with Crippen molar-refractivity contribution in [2.75, 3.05) is 26.2 Å². The minimum Gasteiger partial charge on any atom is -0.350 e. The molecule has 1 aromatic carbocycles. The van der Waals surface area contributed by atoms with Crippen molar-refractivity contribution in [2.24, 2.45) is 0 Å². The zero-order chi connectivity index (χ0) is 22.1. The number of rotatable bonds is 5. The van der Waals surface area contributed by atoms with Crippen molar-refractivity contribution >= 4 is 17.2 Å². The Hall–Kier alpha value is -2.14. The van der Waals surface area contributed by atoms with Gasteiger partial charge in [-0.3, -0.25) is 4.79 Å². The second kappa shape index (κ2) is 8.54. The molecule has 0 unspecified atom stereocenters. The lowest BCUT2D eigenvalue weighted by Crippen LogP contribution is -2.33. The molecule has 3 rings (SSSR count). The second-order valence-electron chi connectivity index (χ2n) is 7.03. The van der Waals surface area contributed by atoms with Crippen molar-refractivity contribution in [3.05, 3.63) is 39.9 Å². The minimum atomic E-state index is -4.95.